The summed E-state index contributed by atoms with van der Waals surface area (Å²) < 4.78 is 18.7. The van der Waals surface area contributed by atoms with Crippen molar-refractivity contribution in [3.63, 3.8) is 0 Å². The van der Waals surface area contributed by atoms with Gasteiger partial charge in [-0.15, -0.1) is 0 Å². The Hall–Kier alpha value is -3.08. The summed E-state index contributed by atoms with van der Waals surface area (Å²) >= 11 is 0. The van der Waals surface area contributed by atoms with Crippen LogP contribution in [-0.4, -0.2) is 13.1 Å². The van der Waals surface area contributed by atoms with Crippen LogP contribution in [-0.2, 0) is 13.1 Å². The molecule has 3 aromatic carbocycles. The Kier molecular flexibility index (Phi) is 5.14. The normalized spacial score (nSPS) is 10.5. The highest BCUT2D eigenvalue weighted by Gasteiger charge is 2.05. The van der Waals surface area contributed by atoms with Crippen LogP contribution in [0.2, 0.25) is 0 Å². The molecular formula is C20H19FN2O2. The van der Waals surface area contributed by atoms with Crippen molar-refractivity contribution in [2.45, 2.75) is 13.1 Å². The number of ether oxygens (including phenoxy) is 1. The van der Waals surface area contributed by atoms with Crippen LogP contribution in [0, 0.1) is 5.82 Å². The van der Waals surface area contributed by atoms with Crippen LogP contribution in [0.1, 0.15) is 11.1 Å². The number of methoxy groups -OCH3 is 1. The minimum Gasteiger partial charge on any atom is -0.497 e. The lowest BCUT2D eigenvalue weighted by molar-refractivity contribution is 0.240. The molecule has 5 heteroatoms. The number of nitrogens with one attached hydrogen (secondary N) is 2. The van der Waals surface area contributed by atoms with E-state index >= 15 is 0 Å². The quantitative estimate of drug-likeness (QED) is 0.739. The van der Waals surface area contributed by atoms with Crippen LogP contribution in [0.4, 0.5) is 9.18 Å². The van der Waals surface area contributed by atoms with Crippen molar-refractivity contribution in [3.05, 3.63) is 77.6 Å². The lowest BCUT2D eigenvalue weighted by Crippen LogP contribution is -2.34. The van der Waals surface area contributed by atoms with E-state index in [2.05, 4.69) is 10.6 Å². The zero-order valence-corrected chi connectivity index (χ0v) is 13.9. The van der Waals surface area contributed by atoms with Gasteiger partial charge in [0.15, 0.2) is 0 Å². The first kappa shape index (κ1) is 16.8. The predicted octanol–water partition coefficient (Wildman–Crippen LogP) is 3.99. The van der Waals surface area contributed by atoms with Crippen LogP contribution < -0.4 is 15.4 Å². The lowest BCUT2D eigenvalue weighted by atomic mass is 10.1. The van der Waals surface area contributed by atoms with Crippen molar-refractivity contribution < 1.29 is 13.9 Å². The maximum atomic E-state index is 13.5. The lowest BCUT2D eigenvalue weighted by Gasteiger charge is -2.09. The third-order valence-corrected chi connectivity index (χ3v) is 3.96. The van der Waals surface area contributed by atoms with Crippen molar-refractivity contribution in [3.8, 4) is 5.75 Å². The van der Waals surface area contributed by atoms with E-state index in [1.807, 2.05) is 36.4 Å². The fourth-order valence-corrected chi connectivity index (χ4v) is 2.57. The Morgan fingerprint density at radius 2 is 1.68 bits per heavy atom. The number of hydrogen-bond acceptors (Lipinski definition) is 2. The molecule has 0 bridgehead atoms. The Morgan fingerprint density at radius 3 is 2.48 bits per heavy atom. The summed E-state index contributed by atoms with van der Waals surface area (Å²) in [5.74, 6) is 0.485. The molecular weight excluding hydrogens is 319 g/mol. The van der Waals surface area contributed by atoms with Crippen molar-refractivity contribution in [2.24, 2.45) is 0 Å². The molecule has 0 unspecified atom stereocenters. The van der Waals surface area contributed by atoms with Gasteiger partial charge in [0.1, 0.15) is 11.6 Å². The molecule has 128 valence electrons. The molecule has 0 aliphatic heterocycles. The number of carbonyl (C=O) groups is 1. The molecule has 2 amide bonds. The molecule has 0 atom stereocenters. The number of rotatable bonds is 5. The highest BCUT2D eigenvalue weighted by Crippen LogP contribution is 2.21. The highest BCUT2D eigenvalue weighted by molar-refractivity contribution is 5.84. The topological polar surface area (TPSA) is 50.4 Å². The fourth-order valence-electron chi connectivity index (χ4n) is 2.57. The zero-order valence-electron chi connectivity index (χ0n) is 13.9. The molecule has 3 aromatic rings. The van der Waals surface area contributed by atoms with Gasteiger partial charge in [0.05, 0.1) is 7.11 Å². The second-order valence-electron chi connectivity index (χ2n) is 5.68. The average molecular weight is 338 g/mol. The average Bonchev–Trinajstić information content (AvgIpc) is 2.65. The Bertz CT molecular complexity index is 896. The molecule has 0 saturated heterocycles. The number of fused-ring (bicyclic) bond motifs is 1. The molecule has 0 fully saturated rings. The molecule has 0 aromatic heterocycles. The number of benzene rings is 3. The summed E-state index contributed by atoms with van der Waals surface area (Å²) in [6.07, 6.45) is 0. The Balaban J connectivity index is 1.56. The van der Waals surface area contributed by atoms with E-state index in [4.69, 9.17) is 4.74 Å². The summed E-state index contributed by atoms with van der Waals surface area (Å²) in [5.41, 5.74) is 1.44. The summed E-state index contributed by atoms with van der Waals surface area (Å²) in [6.45, 7) is 0.543. The molecule has 0 saturated carbocycles. The minimum absolute atomic E-state index is 0.149. The number of urea groups is 1. The third-order valence-electron chi connectivity index (χ3n) is 3.96. The molecule has 4 nitrogen and oxygen atoms in total. The predicted molar refractivity (Wildman–Crippen MR) is 96.0 cm³/mol. The van der Waals surface area contributed by atoms with E-state index in [-0.39, 0.29) is 18.4 Å². The second-order valence-corrected chi connectivity index (χ2v) is 5.68. The van der Waals surface area contributed by atoms with Gasteiger partial charge < -0.3 is 15.4 Å². The van der Waals surface area contributed by atoms with E-state index < -0.39 is 0 Å². The maximum absolute atomic E-state index is 13.5. The van der Waals surface area contributed by atoms with Gasteiger partial charge in [0.2, 0.25) is 0 Å². The van der Waals surface area contributed by atoms with Gasteiger partial charge in [0.25, 0.3) is 0 Å². The molecule has 2 N–H and O–H groups in total. The first-order chi connectivity index (χ1) is 12.2. The molecule has 0 radical (unpaired) electrons. The second kappa shape index (κ2) is 7.66. The SMILES string of the molecule is COc1ccc2cc(CNC(=O)NCc3ccccc3F)ccc2c1. The molecule has 3 rings (SSSR count). The summed E-state index contributed by atoms with van der Waals surface area (Å²) in [6, 6.07) is 17.9. The number of amides is 2. The zero-order chi connectivity index (χ0) is 17.6. The van der Waals surface area contributed by atoms with E-state index in [0.717, 1.165) is 22.1 Å². The van der Waals surface area contributed by atoms with Crippen molar-refractivity contribution >= 4 is 16.8 Å². The van der Waals surface area contributed by atoms with Gasteiger partial charge in [-0.2, -0.15) is 0 Å². The van der Waals surface area contributed by atoms with Crippen LogP contribution >= 0.6 is 0 Å². The largest absolute Gasteiger partial charge is 0.497 e. The van der Waals surface area contributed by atoms with Crippen LogP contribution in [0.3, 0.4) is 0 Å². The van der Waals surface area contributed by atoms with Gasteiger partial charge in [-0.05, 0) is 40.6 Å². The smallest absolute Gasteiger partial charge is 0.315 e. The molecule has 0 aliphatic rings. The van der Waals surface area contributed by atoms with E-state index in [1.165, 1.54) is 6.07 Å². The Morgan fingerprint density at radius 1 is 0.960 bits per heavy atom. The molecule has 25 heavy (non-hydrogen) atoms. The fraction of sp³-hybridized carbons (Fsp3) is 0.150. The first-order valence-corrected chi connectivity index (χ1v) is 7.97. The van der Waals surface area contributed by atoms with Gasteiger partial charge in [-0.1, -0.05) is 36.4 Å². The standard InChI is InChI=1S/C20H19FN2O2/c1-25-18-9-8-15-10-14(6-7-16(15)11-18)12-22-20(24)23-13-17-4-2-3-5-19(17)21/h2-11H,12-13H2,1H3,(H2,22,23,24). The van der Waals surface area contributed by atoms with Crippen molar-refractivity contribution in [1.29, 1.82) is 0 Å². The summed E-state index contributed by atoms with van der Waals surface area (Å²) in [5, 5.41) is 7.59. The molecule has 0 spiro atoms. The van der Waals surface area contributed by atoms with Gasteiger partial charge in [-0.3, -0.25) is 0 Å². The van der Waals surface area contributed by atoms with Gasteiger partial charge in [0, 0.05) is 18.7 Å². The van der Waals surface area contributed by atoms with E-state index in [9.17, 15) is 9.18 Å². The highest BCUT2D eigenvalue weighted by atomic mass is 19.1. The number of hydrogen-bond donors (Lipinski definition) is 2. The Labute approximate surface area is 145 Å². The third kappa shape index (κ3) is 4.26. The van der Waals surface area contributed by atoms with E-state index in [0.29, 0.717) is 12.1 Å². The van der Waals surface area contributed by atoms with Gasteiger partial charge >= 0.3 is 6.03 Å². The maximum Gasteiger partial charge on any atom is 0.315 e. The van der Waals surface area contributed by atoms with Crippen molar-refractivity contribution in [2.75, 3.05) is 7.11 Å². The number of halogens is 1. The number of carbonyl (C=O) groups excluding carboxylic acids is 1. The van der Waals surface area contributed by atoms with Crippen LogP contribution in [0.15, 0.2) is 60.7 Å². The monoisotopic (exact) mass is 338 g/mol. The van der Waals surface area contributed by atoms with E-state index in [1.54, 1.807) is 25.3 Å². The first-order valence-electron chi connectivity index (χ1n) is 7.97. The van der Waals surface area contributed by atoms with Crippen LogP contribution in [0.5, 0.6) is 5.75 Å². The van der Waals surface area contributed by atoms with Crippen LogP contribution in [0.25, 0.3) is 10.8 Å². The molecule has 0 heterocycles. The summed E-state index contributed by atoms with van der Waals surface area (Å²) in [7, 11) is 1.64. The van der Waals surface area contributed by atoms with Crippen molar-refractivity contribution in [1.82, 2.24) is 10.6 Å². The van der Waals surface area contributed by atoms with Gasteiger partial charge in [-0.25, -0.2) is 9.18 Å². The minimum atomic E-state index is -0.335. The summed E-state index contributed by atoms with van der Waals surface area (Å²) in [4.78, 5) is 11.9. The molecule has 0 aliphatic carbocycles.